The lowest BCUT2D eigenvalue weighted by molar-refractivity contribution is -0.132. The third-order valence-electron chi connectivity index (χ3n) is 4.09. The van der Waals surface area contributed by atoms with E-state index in [1.165, 1.54) is 0 Å². The van der Waals surface area contributed by atoms with E-state index in [-0.39, 0.29) is 5.91 Å². The Hall–Kier alpha value is -1.93. The van der Waals surface area contributed by atoms with Crippen molar-refractivity contribution in [2.24, 2.45) is 7.05 Å². The molecule has 0 radical (unpaired) electrons. The number of H-pyrrole nitrogens is 1. The molecule has 22 heavy (non-hydrogen) atoms. The molecule has 2 aromatic heterocycles. The molecule has 0 bridgehead atoms. The fourth-order valence-electron chi connectivity index (χ4n) is 2.81. The number of anilines is 1. The Bertz CT molecular complexity index is 676. The minimum atomic E-state index is -0.450. The van der Waals surface area contributed by atoms with Gasteiger partial charge in [-0.1, -0.05) is 13.8 Å². The van der Waals surface area contributed by atoms with Gasteiger partial charge in [0.05, 0.1) is 17.7 Å². The second-order valence-electron chi connectivity index (χ2n) is 5.46. The van der Waals surface area contributed by atoms with E-state index < -0.39 is 6.10 Å². The van der Waals surface area contributed by atoms with E-state index in [1.807, 2.05) is 14.0 Å². The summed E-state index contributed by atoms with van der Waals surface area (Å²) in [7, 11) is 1.84. The van der Waals surface area contributed by atoms with Crippen LogP contribution in [0.15, 0.2) is 0 Å². The van der Waals surface area contributed by atoms with Gasteiger partial charge in [-0.15, -0.1) is 0 Å². The first-order valence-electron chi connectivity index (χ1n) is 7.68. The number of hydrogen-bond acceptors (Lipinski definition) is 5. The molecule has 3 heterocycles. The lowest BCUT2D eigenvalue weighted by Crippen LogP contribution is -2.47. The Morgan fingerprint density at radius 1 is 1.50 bits per heavy atom. The van der Waals surface area contributed by atoms with E-state index in [1.54, 1.807) is 4.68 Å². The summed E-state index contributed by atoms with van der Waals surface area (Å²) in [4.78, 5) is 14.6. The average Bonchev–Trinajstić information content (AvgIpc) is 3.09. The molecule has 0 spiro atoms. The molecule has 2 N–H and O–H groups in total. The number of hydrogen-bond donors (Lipinski definition) is 2. The van der Waals surface area contributed by atoms with Crippen LogP contribution >= 0.6 is 0 Å². The second-order valence-corrected chi connectivity index (χ2v) is 5.46. The van der Waals surface area contributed by atoms with Gasteiger partial charge in [0.15, 0.2) is 5.65 Å². The summed E-state index contributed by atoms with van der Waals surface area (Å²) in [5.41, 5.74) is 1.66. The molecular formula is C14H22N6O2. The molecule has 0 aromatic carbocycles. The Labute approximate surface area is 128 Å². The summed E-state index contributed by atoms with van der Waals surface area (Å²) in [6, 6.07) is 0. The predicted molar refractivity (Wildman–Crippen MR) is 82.7 cm³/mol. The molecule has 1 fully saturated rings. The maximum absolute atomic E-state index is 12.4. The number of nitrogens with zero attached hydrogens (tertiary/aromatic N) is 4. The van der Waals surface area contributed by atoms with Crippen LogP contribution in [-0.4, -0.2) is 63.1 Å². The van der Waals surface area contributed by atoms with Gasteiger partial charge in [0, 0.05) is 20.1 Å². The van der Waals surface area contributed by atoms with Gasteiger partial charge in [0.2, 0.25) is 0 Å². The van der Waals surface area contributed by atoms with E-state index in [9.17, 15) is 4.79 Å². The van der Waals surface area contributed by atoms with Crippen molar-refractivity contribution in [3.8, 4) is 0 Å². The first-order chi connectivity index (χ1) is 10.6. The van der Waals surface area contributed by atoms with Crippen LogP contribution in [0.1, 0.15) is 19.5 Å². The van der Waals surface area contributed by atoms with Gasteiger partial charge in [-0.05, 0) is 13.0 Å². The number of likely N-dealkylation sites (N-methyl/N-ethyl adjacent to an activating group) is 1. The Morgan fingerprint density at radius 3 is 3.05 bits per heavy atom. The first kappa shape index (κ1) is 15.0. The van der Waals surface area contributed by atoms with Crippen molar-refractivity contribution in [3.63, 3.8) is 0 Å². The first-order valence-corrected chi connectivity index (χ1v) is 7.68. The minimum Gasteiger partial charge on any atom is -0.366 e. The molecular weight excluding hydrogens is 284 g/mol. The van der Waals surface area contributed by atoms with Crippen LogP contribution in [0.4, 0.5) is 5.82 Å². The average molecular weight is 306 g/mol. The molecule has 120 valence electrons. The normalized spacial score (nSPS) is 19.7. The SMILES string of the molecule is CCc1nn(C)c2n[nH]c(NC(=O)C3CN(CC)CCO3)c12. The fourth-order valence-corrected chi connectivity index (χ4v) is 2.81. The molecule has 1 saturated heterocycles. The van der Waals surface area contributed by atoms with Gasteiger partial charge >= 0.3 is 0 Å². The zero-order valence-electron chi connectivity index (χ0n) is 13.2. The molecule has 1 unspecified atom stereocenters. The molecule has 3 rings (SSSR count). The van der Waals surface area contributed by atoms with Crippen LogP contribution in [0.25, 0.3) is 11.0 Å². The van der Waals surface area contributed by atoms with Crippen molar-refractivity contribution < 1.29 is 9.53 Å². The number of rotatable bonds is 4. The van der Waals surface area contributed by atoms with Crippen LogP contribution in [0.3, 0.4) is 0 Å². The summed E-state index contributed by atoms with van der Waals surface area (Å²) in [5.74, 6) is 0.455. The molecule has 1 atom stereocenters. The number of ether oxygens (including phenoxy) is 1. The van der Waals surface area contributed by atoms with Crippen molar-refractivity contribution in [1.29, 1.82) is 0 Å². The minimum absolute atomic E-state index is 0.144. The standard InChI is InChI=1S/C14H22N6O2/c1-4-9-11-12(16-17-13(11)19(3)18-9)15-14(21)10-8-20(5-2)6-7-22-10/h10H,4-8H2,1-3H3,(H2,15,16,17,21). The number of aromatic nitrogens is 4. The molecule has 8 nitrogen and oxygen atoms in total. The van der Waals surface area contributed by atoms with Gasteiger partial charge in [0.25, 0.3) is 5.91 Å². The van der Waals surface area contributed by atoms with Gasteiger partial charge in [0.1, 0.15) is 11.9 Å². The number of aromatic amines is 1. The van der Waals surface area contributed by atoms with Crippen molar-refractivity contribution in [2.75, 3.05) is 31.6 Å². The molecule has 2 aromatic rings. The second kappa shape index (κ2) is 6.05. The largest absolute Gasteiger partial charge is 0.366 e. The van der Waals surface area contributed by atoms with Gasteiger partial charge in [-0.3, -0.25) is 14.8 Å². The molecule has 0 saturated carbocycles. The molecule has 8 heteroatoms. The predicted octanol–water partition coefficient (Wildman–Crippen LogP) is 0.518. The summed E-state index contributed by atoms with van der Waals surface area (Å²) in [6.07, 6.45) is 0.331. The molecule has 1 aliphatic heterocycles. The maximum atomic E-state index is 12.4. The number of morpholine rings is 1. The highest BCUT2D eigenvalue weighted by atomic mass is 16.5. The van der Waals surface area contributed by atoms with Gasteiger partial charge in [-0.25, -0.2) is 4.68 Å². The van der Waals surface area contributed by atoms with Crippen LogP contribution in [0, 0.1) is 0 Å². The van der Waals surface area contributed by atoms with E-state index in [0.29, 0.717) is 19.0 Å². The van der Waals surface area contributed by atoms with E-state index >= 15 is 0 Å². The number of carbonyl (C=O) groups is 1. The summed E-state index contributed by atoms with van der Waals surface area (Å²) in [5, 5.41) is 15.3. The third-order valence-corrected chi connectivity index (χ3v) is 4.09. The Kier molecular flexibility index (Phi) is 4.12. The maximum Gasteiger partial charge on any atom is 0.255 e. The quantitative estimate of drug-likeness (QED) is 0.859. The number of fused-ring (bicyclic) bond motifs is 1. The Morgan fingerprint density at radius 2 is 2.32 bits per heavy atom. The zero-order valence-corrected chi connectivity index (χ0v) is 13.2. The van der Waals surface area contributed by atoms with Crippen molar-refractivity contribution >= 4 is 22.8 Å². The highest BCUT2D eigenvalue weighted by Crippen LogP contribution is 2.24. The van der Waals surface area contributed by atoms with Crippen LogP contribution in [0.5, 0.6) is 0 Å². The van der Waals surface area contributed by atoms with E-state index in [0.717, 1.165) is 36.2 Å². The smallest absolute Gasteiger partial charge is 0.255 e. The summed E-state index contributed by atoms with van der Waals surface area (Å²) in [6.45, 7) is 7.11. The molecule has 0 aliphatic carbocycles. The van der Waals surface area contributed by atoms with E-state index in [2.05, 4.69) is 32.4 Å². The third kappa shape index (κ3) is 2.59. The molecule has 1 aliphatic rings. The van der Waals surface area contributed by atoms with Crippen LogP contribution in [0.2, 0.25) is 0 Å². The highest BCUT2D eigenvalue weighted by molar-refractivity contribution is 6.01. The molecule has 1 amide bonds. The zero-order chi connectivity index (χ0) is 15.7. The number of nitrogens with one attached hydrogen (secondary N) is 2. The van der Waals surface area contributed by atoms with E-state index in [4.69, 9.17) is 4.74 Å². The van der Waals surface area contributed by atoms with Gasteiger partial charge < -0.3 is 10.1 Å². The van der Waals surface area contributed by atoms with Gasteiger partial charge in [-0.2, -0.15) is 10.2 Å². The van der Waals surface area contributed by atoms with Crippen molar-refractivity contribution in [1.82, 2.24) is 24.9 Å². The lowest BCUT2D eigenvalue weighted by atomic mass is 10.2. The topological polar surface area (TPSA) is 88.1 Å². The fraction of sp³-hybridized carbons (Fsp3) is 0.643. The monoisotopic (exact) mass is 306 g/mol. The van der Waals surface area contributed by atoms with Crippen molar-refractivity contribution in [3.05, 3.63) is 5.69 Å². The summed E-state index contributed by atoms with van der Waals surface area (Å²) >= 11 is 0. The summed E-state index contributed by atoms with van der Waals surface area (Å²) < 4.78 is 7.30. The van der Waals surface area contributed by atoms with Crippen molar-refractivity contribution in [2.45, 2.75) is 26.4 Å². The number of amides is 1. The number of carbonyl (C=O) groups excluding carboxylic acids is 1. The highest BCUT2D eigenvalue weighted by Gasteiger charge is 2.27. The lowest BCUT2D eigenvalue weighted by Gasteiger charge is -2.31. The van der Waals surface area contributed by atoms with Crippen LogP contribution in [-0.2, 0) is 23.0 Å². The van der Waals surface area contributed by atoms with Crippen LogP contribution < -0.4 is 5.32 Å². The number of aryl methyl sites for hydroxylation is 2. The Balaban J connectivity index is 1.79.